The minimum atomic E-state index is -0.766. The molecule has 0 N–H and O–H groups in total. The molecule has 1 fully saturated rings. The number of amides is 1. The lowest BCUT2D eigenvalue weighted by molar-refractivity contribution is 0.0521. The summed E-state index contributed by atoms with van der Waals surface area (Å²) in [6.07, 6.45) is 1.26. The van der Waals surface area contributed by atoms with Crippen LogP contribution in [0, 0.1) is 17.1 Å². The monoisotopic (exact) mass is 275 g/mol. The summed E-state index contributed by atoms with van der Waals surface area (Å²) in [6.45, 7) is 1.57. The van der Waals surface area contributed by atoms with Gasteiger partial charge in [-0.25, -0.2) is 4.39 Å². The smallest absolute Gasteiger partial charge is 0.254 e. The van der Waals surface area contributed by atoms with Crippen molar-refractivity contribution in [1.82, 2.24) is 9.80 Å². The Morgan fingerprint density at radius 2 is 1.90 bits per heavy atom. The minimum Gasteiger partial charge on any atom is -0.323 e. The first-order chi connectivity index (χ1) is 9.48. The van der Waals surface area contributed by atoms with E-state index in [0.29, 0.717) is 18.4 Å². The van der Waals surface area contributed by atoms with Crippen molar-refractivity contribution >= 4 is 5.91 Å². The third kappa shape index (κ3) is 2.66. The molecule has 0 spiro atoms. The average molecular weight is 275 g/mol. The molecule has 0 unspecified atom stereocenters. The van der Waals surface area contributed by atoms with Crippen LogP contribution < -0.4 is 0 Å². The molecule has 0 atom stereocenters. The zero-order chi connectivity index (χ0) is 14.8. The van der Waals surface area contributed by atoms with Crippen LogP contribution in [0.15, 0.2) is 24.3 Å². The van der Waals surface area contributed by atoms with Crippen LogP contribution in [0.2, 0.25) is 0 Å². The number of benzene rings is 1. The second-order valence-corrected chi connectivity index (χ2v) is 5.32. The molecule has 2 rings (SSSR count). The van der Waals surface area contributed by atoms with E-state index < -0.39 is 5.54 Å². The molecule has 0 saturated carbocycles. The molecule has 1 amide bonds. The van der Waals surface area contributed by atoms with Gasteiger partial charge in [-0.2, -0.15) is 5.26 Å². The van der Waals surface area contributed by atoms with E-state index in [1.807, 2.05) is 7.05 Å². The maximum absolute atomic E-state index is 12.9. The van der Waals surface area contributed by atoms with Gasteiger partial charge in [0.1, 0.15) is 11.4 Å². The Kier molecular flexibility index (Phi) is 4.05. The summed E-state index contributed by atoms with van der Waals surface area (Å²) >= 11 is 0. The highest BCUT2D eigenvalue weighted by atomic mass is 19.1. The van der Waals surface area contributed by atoms with Crippen LogP contribution in [0.4, 0.5) is 4.39 Å². The molecule has 1 aliphatic heterocycles. The van der Waals surface area contributed by atoms with Crippen LogP contribution in [0.1, 0.15) is 23.2 Å². The van der Waals surface area contributed by atoms with Gasteiger partial charge in [-0.1, -0.05) is 0 Å². The molecule has 20 heavy (non-hydrogen) atoms. The predicted octanol–water partition coefficient (Wildman–Crippen LogP) is 1.89. The van der Waals surface area contributed by atoms with Crippen molar-refractivity contribution in [1.29, 1.82) is 5.26 Å². The number of likely N-dealkylation sites (tertiary alicyclic amines) is 1. The van der Waals surface area contributed by atoms with Crippen LogP contribution in [0.25, 0.3) is 0 Å². The molecule has 1 saturated heterocycles. The highest BCUT2D eigenvalue weighted by Crippen LogP contribution is 2.28. The summed E-state index contributed by atoms with van der Waals surface area (Å²) in [5.74, 6) is -0.616. The SMILES string of the molecule is CN1CCC(C#N)(N(C)C(=O)c2ccc(F)cc2)CC1. The van der Waals surface area contributed by atoms with E-state index in [2.05, 4.69) is 11.0 Å². The molecule has 0 radical (unpaired) electrons. The summed E-state index contributed by atoms with van der Waals surface area (Å²) in [6, 6.07) is 7.73. The summed E-state index contributed by atoms with van der Waals surface area (Å²) in [5, 5.41) is 9.52. The third-order valence-corrected chi connectivity index (χ3v) is 4.06. The van der Waals surface area contributed by atoms with Gasteiger partial charge in [0.2, 0.25) is 0 Å². The van der Waals surface area contributed by atoms with Gasteiger partial charge in [0.25, 0.3) is 5.91 Å². The van der Waals surface area contributed by atoms with E-state index in [4.69, 9.17) is 0 Å². The van der Waals surface area contributed by atoms with E-state index in [0.717, 1.165) is 13.1 Å². The van der Waals surface area contributed by atoms with Gasteiger partial charge >= 0.3 is 0 Å². The lowest BCUT2D eigenvalue weighted by atomic mass is 9.87. The third-order valence-electron chi connectivity index (χ3n) is 4.06. The summed E-state index contributed by atoms with van der Waals surface area (Å²) in [7, 11) is 3.66. The number of carbonyl (C=O) groups is 1. The molecule has 1 aromatic rings. The summed E-state index contributed by atoms with van der Waals surface area (Å²) in [4.78, 5) is 16.1. The normalized spacial score (nSPS) is 18.3. The number of hydrogen-bond donors (Lipinski definition) is 0. The van der Waals surface area contributed by atoms with Crippen LogP contribution in [0.5, 0.6) is 0 Å². The molecule has 1 heterocycles. The molecule has 0 bridgehead atoms. The number of halogens is 1. The van der Waals surface area contributed by atoms with E-state index in [1.165, 1.54) is 29.2 Å². The van der Waals surface area contributed by atoms with Gasteiger partial charge in [-0.15, -0.1) is 0 Å². The lowest BCUT2D eigenvalue weighted by Gasteiger charge is -2.41. The van der Waals surface area contributed by atoms with Crippen molar-refractivity contribution in [2.75, 3.05) is 27.2 Å². The number of rotatable bonds is 2. The molecule has 4 nitrogen and oxygen atoms in total. The van der Waals surface area contributed by atoms with Crippen LogP contribution >= 0.6 is 0 Å². The highest BCUT2D eigenvalue weighted by Gasteiger charge is 2.40. The number of hydrogen-bond acceptors (Lipinski definition) is 3. The van der Waals surface area contributed by atoms with Crippen molar-refractivity contribution < 1.29 is 9.18 Å². The molecular formula is C15H18FN3O. The quantitative estimate of drug-likeness (QED) is 0.828. The van der Waals surface area contributed by atoms with Crippen molar-refractivity contribution in [3.63, 3.8) is 0 Å². The second-order valence-electron chi connectivity index (χ2n) is 5.32. The maximum atomic E-state index is 12.9. The minimum absolute atomic E-state index is 0.240. The molecule has 1 aliphatic rings. The molecule has 0 aliphatic carbocycles. The predicted molar refractivity (Wildman–Crippen MR) is 73.6 cm³/mol. The van der Waals surface area contributed by atoms with E-state index in [9.17, 15) is 14.4 Å². The fourth-order valence-corrected chi connectivity index (χ4v) is 2.49. The Bertz CT molecular complexity index is 527. The van der Waals surface area contributed by atoms with Gasteiger partial charge < -0.3 is 9.80 Å². The first kappa shape index (κ1) is 14.5. The lowest BCUT2D eigenvalue weighted by Crippen LogP contribution is -2.54. The van der Waals surface area contributed by atoms with Crippen LogP contribution in [-0.2, 0) is 0 Å². The van der Waals surface area contributed by atoms with Gasteiger partial charge in [0.15, 0.2) is 0 Å². The Morgan fingerprint density at radius 1 is 1.35 bits per heavy atom. The van der Waals surface area contributed by atoms with Gasteiger partial charge in [-0.05, 0) is 44.2 Å². The van der Waals surface area contributed by atoms with Gasteiger partial charge in [0, 0.05) is 25.7 Å². The van der Waals surface area contributed by atoms with E-state index in [1.54, 1.807) is 7.05 Å². The maximum Gasteiger partial charge on any atom is 0.254 e. The average Bonchev–Trinajstić information content (AvgIpc) is 2.48. The number of nitriles is 1. The fourth-order valence-electron chi connectivity index (χ4n) is 2.49. The summed E-state index contributed by atoms with van der Waals surface area (Å²) in [5.41, 5.74) is -0.361. The van der Waals surface area contributed by atoms with Crippen molar-refractivity contribution in [3.05, 3.63) is 35.6 Å². The molecule has 0 aromatic heterocycles. The zero-order valence-corrected chi connectivity index (χ0v) is 11.8. The zero-order valence-electron chi connectivity index (χ0n) is 11.8. The Labute approximate surface area is 118 Å². The van der Waals surface area contributed by atoms with Crippen molar-refractivity contribution in [2.45, 2.75) is 18.4 Å². The second kappa shape index (κ2) is 5.59. The molecule has 1 aromatic carbocycles. The van der Waals surface area contributed by atoms with Crippen molar-refractivity contribution in [2.24, 2.45) is 0 Å². The van der Waals surface area contributed by atoms with Gasteiger partial charge in [-0.3, -0.25) is 4.79 Å². The van der Waals surface area contributed by atoms with E-state index in [-0.39, 0.29) is 11.7 Å². The first-order valence-electron chi connectivity index (χ1n) is 6.62. The Hall–Kier alpha value is -1.93. The molecular weight excluding hydrogens is 257 g/mol. The number of carbonyl (C=O) groups excluding carboxylic acids is 1. The largest absolute Gasteiger partial charge is 0.323 e. The van der Waals surface area contributed by atoms with Crippen LogP contribution in [-0.4, -0.2) is 48.4 Å². The Morgan fingerprint density at radius 3 is 2.40 bits per heavy atom. The van der Waals surface area contributed by atoms with Crippen molar-refractivity contribution in [3.8, 4) is 6.07 Å². The standard InChI is InChI=1S/C15H18FN3O/c1-18-9-7-15(11-17,8-10-18)19(2)14(20)12-3-5-13(16)6-4-12/h3-6H,7-10H2,1-2H3. The topological polar surface area (TPSA) is 47.3 Å². The van der Waals surface area contributed by atoms with Crippen LogP contribution in [0.3, 0.4) is 0 Å². The number of nitrogens with zero attached hydrogens (tertiary/aromatic N) is 3. The molecule has 5 heteroatoms. The highest BCUT2D eigenvalue weighted by molar-refractivity contribution is 5.94. The first-order valence-corrected chi connectivity index (χ1v) is 6.62. The summed E-state index contributed by atoms with van der Waals surface area (Å²) < 4.78 is 12.9. The van der Waals surface area contributed by atoms with E-state index >= 15 is 0 Å². The Balaban J connectivity index is 2.20. The molecule has 106 valence electrons. The number of piperidine rings is 1. The fraction of sp³-hybridized carbons (Fsp3) is 0.467. The van der Waals surface area contributed by atoms with Gasteiger partial charge in [0.05, 0.1) is 6.07 Å².